The molecule has 0 amide bonds. The highest BCUT2D eigenvalue weighted by Crippen LogP contribution is 2.33. The maximum atomic E-state index is 5.92. The zero-order chi connectivity index (χ0) is 13.0. The number of nitrogens with two attached hydrogens (primary N) is 1. The Morgan fingerprint density at radius 1 is 1.33 bits per heavy atom. The van der Waals surface area contributed by atoms with Gasteiger partial charge in [-0.15, -0.1) is 0 Å². The summed E-state index contributed by atoms with van der Waals surface area (Å²) in [5.74, 6) is 3.38. The lowest BCUT2D eigenvalue weighted by atomic mass is 10.2. The number of anilines is 2. The maximum Gasteiger partial charge on any atom is 0.134 e. The summed E-state index contributed by atoms with van der Waals surface area (Å²) in [7, 11) is 0. The Bertz CT molecular complexity index is 399. The van der Waals surface area contributed by atoms with E-state index in [2.05, 4.69) is 22.2 Å². The molecule has 100 valence electrons. The highest BCUT2D eigenvalue weighted by Gasteiger charge is 2.20. The predicted molar refractivity (Wildman–Crippen MR) is 75.6 cm³/mol. The molecule has 1 aromatic heterocycles. The average molecular weight is 248 g/mol. The Hall–Kier alpha value is -1.32. The molecule has 3 N–H and O–H groups in total. The SMILES string of the molecule is CCCc1nc(N)c(C)c(NCCCC2CC2)n1. The highest BCUT2D eigenvalue weighted by molar-refractivity contribution is 5.54. The van der Waals surface area contributed by atoms with E-state index < -0.39 is 0 Å². The fraction of sp³-hybridized carbons (Fsp3) is 0.714. The van der Waals surface area contributed by atoms with E-state index in [-0.39, 0.29) is 0 Å². The third kappa shape index (κ3) is 3.59. The van der Waals surface area contributed by atoms with Crippen molar-refractivity contribution in [1.82, 2.24) is 9.97 Å². The molecular formula is C14H24N4. The quantitative estimate of drug-likeness (QED) is 0.728. The third-order valence-electron chi connectivity index (χ3n) is 3.48. The fourth-order valence-corrected chi connectivity index (χ4v) is 2.09. The summed E-state index contributed by atoms with van der Waals surface area (Å²) in [4.78, 5) is 8.87. The van der Waals surface area contributed by atoms with Crippen LogP contribution in [0.5, 0.6) is 0 Å². The van der Waals surface area contributed by atoms with Crippen LogP contribution in [0.3, 0.4) is 0 Å². The molecule has 0 aliphatic heterocycles. The van der Waals surface area contributed by atoms with Crippen LogP contribution in [-0.2, 0) is 6.42 Å². The summed E-state index contributed by atoms with van der Waals surface area (Å²) in [6.07, 6.45) is 7.36. The number of nitrogens with zero attached hydrogens (tertiary/aromatic N) is 2. The Balaban J connectivity index is 1.91. The lowest BCUT2D eigenvalue weighted by Gasteiger charge is -2.11. The second-order valence-corrected chi connectivity index (χ2v) is 5.26. The molecule has 0 atom stereocenters. The van der Waals surface area contributed by atoms with Gasteiger partial charge in [-0.05, 0) is 32.1 Å². The number of hydrogen-bond acceptors (Lipinski definition) is 4. The Morgan fingerprint density at radius 3 is 2.78 bits per heavy atom. The zero-order valence-electron chi connectivity index (χ0n) is 11.5. The Kier molecular flexibility index (Phi) is 4.39. The van der Waals surface area contributed by atoms with E-state index in [1.54, 1.807) is 0 Å². The minimum Gasteiger partial charge on any atom is -0.383 e. The number of rotatable bonds is 7. The largest absolute Gasteiger partial charge is 0.383 e. The maximum absolute atomic E-state index is 5.92. The number of hydrogen-bond donors (Lipinski definition) is 2. The van der Waals surface area contributed by atoms with Gasteiger partial charge in [0, 0.05) is 18.5 Å². The molecular weight excluding hydrogens is 224 g/mol. The van der Waals surface area contributed by atoms with Crippen molar-refractivity contribution in [2.24, 2.45) is 5.92 Å². The van der Waals surface area contributed by atoms with Crippen LogP contribution < -0.4 is 11.1 Å². The molecule has 1 aromatic rings. The molecule has 0 spiro atoms. The molecule has 2 rings (SSSR count). The van der Waals surface area contributed by atoms with Crippen molar-refractivity contribution in [2.45, 2.75) is 52.4 Å². The van der Waals surface area contributed by atoms with Gasteiger partial charge in [-0.3, -0.25) is 0 Å². The van der Waals surface area contributed by atoms with Gasteiger partial charge >= 0.3 is 0 Å². The molecule has 1 saturated carbocycles. The van der Waals surface area contributed by atoms with Gasteiger partial charge in [0.15, 0.2) is 0 Å². The second kappa shape index (κ2) is 6.03. The number of aromatic nitrogens is 2. The van der Waals surface area contributed by atoms with Crippen LogP contribution in [0.15, 0.2) is 0 Å². The van der Waals surface area contributed by atoms with Crippen LogP contribution in [-0.4, -0.2) is 16.5 Å². The first-order valence-corrected chi connectivity index (χ1v) is 7.07. The van der Waals surface area contributed by atoms with E-state index in [0.717, 1.165) is 42.5 Å². The third-order valence-corrected chi connectivity index (χ3v) is 3.48. The molecule has 0 saturated heterocycles. The van der Waals surface area contributed by atoms with E-state index >= 15 is 0 Å². The minimum absolute atomic E-state index is 0.609. The molecule has 0 bridgehead atoms. The topological polar surface area (TPSA) is 63.8 Å². The molecule has 4 heteroatoms. The van der Waals surface area contributed by atoms with Crippen molar-refractivity contribution in [3.8, 4) is 0 Å². The zero-order valence-corrected chi connectivity index (χ0v) is 11.5. The van der Waals surface area contributed by atoms with Crippen molar-refractivity contribution in [1.29, 1.82) is 0 Å². The molecule has 0 aromatic carbocycles. The number of nitrogens with one attached hydrogen (secondary N) is 1. The predicted octanol–water partition coefficient (Wildman–Crippen LogP) is 2.92. The number of nitrogen functional groups attached to an aromatic ring is 1. The van der Waals surface area contributed by atoms with Gasteiger partial charge in [-0.1, -0.05) is 19.8 Å². The highest BCUT2D eigenvalue weighted by atomic mass is 15.1. The molecule has 4 nitrogen and oxygen atoms in total. The molecule has 1 heterocycles. The van der Waals surface area contributed by atoms with Crippen molar-refractivity contribution >= 4 is 11.6 Å². The molecule has 18 heavy (non-hydrogen) atoms. The summed E-state index contributed by atoms with van der Waals surface area (Å²) in [5, 5.41) is 3.40. The average Bonchev–Trinajstić information content (AvgIpc) is 3.15. The van der Waals surface area contributed by atoms with Gasteiger partial charge in [-0.2, -0.15) is 0 Å². The smallest absolute Gasteiger partial charge is 0.134 e. The van der Waals surface area contributed by atoms with E-state index in [9.17, 15) is 0 Å². The van der Waals surface area contributed by atoms with Crippen LogP contribution in [0.25, 0.3) is 0 Å². The summed E-state index contributed by atoms with van der Waals surface area (Å²) >= 11 is 0. The first-order valence-electron chi connectivity index (χ1n) is 7.07. The van der Waals surface area contributed by atoms with Gasteiger partial charge in [0.05, 0.1) is 0 Å². The van der Waals surface area contributed by atoms with E-state index in [4.69, 9.17) is 5.73 Å². The van der Waals surface area contributed by atoms with Crippen LogP contribution in [0.2, 0.25) is 0 Å². The summed E-state index contributed by atoms with van der Waals surface area (Å²) in [6.45, 7) is 5.09. The summed E-state index contributed by atoms with van der Waals surface area (Å²) in [5.41, 5.74) is 6.90. The molecule has 1 aliphatic carbocycles. The normalized spacial score (nSPS) is 14.8. The Labute approximate surface area is 109 Å². The second-order valence-electron chi connectivity index (χ2n) is 5.26. The van der Waals surface area contributed by atoms with E-state index in [1.165, 1.54) is 25.7 Å². The fourth-order valence-electron chi connectivity index (χ4n) is 2.09. The molecule has 1 fully saturated rings. The van der Waals surface area contributed by atoms with Gasteiger partial charge < -0.3 is 11.1 Å². The summed E-state index contributed by atoms with van der Waals surface area (Å²) in [6, 6.07) is 0. The first kappa shape index (κ1) is 13.1. The van der Waals surface area contributed by atoms with E-state index in [1.807, 2.05) is 6.92 Å². The first-order chi connectivity index (χ1) is 8.70. The lowest BCUT2D eigenvalue weighted by Crippen LogP contribution is -2.10. The van der Waals surface area contributed by atoms with Crippen LogP contribution in [0, 0.1) is 12.8 Å². The van der Waals surface area contributed by atoms with E-state index in [0.29, 0.717) is 5.82 Å². The van der Waals surface area contributed by atoms with Gasteiger partial charge in [-0.25, -0.2) is 9.97 Å². The summed E-state index contributed by atoms with van der Waals surface area (Å²) < 4.78 is 0. The van der Waals surface area contributed by atoms with Gasteiger partial charge in [0.2, 0.25) is 0 Å². The molecule has 1 aliphatic rings. The van der Waals surface area contributed by atoms with Gasteiger partial charge in [0.25, 0.3) is 0 Å². The van der Waals surface area contributed by atoms with Crippen LogP contribution in [0.1, 0.15) is 50.4 Å². The molecule has 0 radical (unpaired) electrons. The standard InChI is InChI=1S/C14H24N4/c1-3-5-12-17-13(15)10(2)14(18-12)16-9-4-6-11-7-8-11/h11H,3-9H2,1-2H3,(H3,15,16,17,18). The van der Waals surface area contributed by atoms with Crippen molar-refractivity contribution < 1.29 is 0 Å². The van der Waals surface area contributed by atoms with Crippen LogP contribution in [0.4, 0.5) is 11.6 Å². The Morgan fingerprint density at radius 2 is 2.11 bits per heavy atom. The monoisotopic (exact) mass is 248 g/mol. The lowest BCUT2D eigenvalue weighted by molar-refractivity contribution is 0.685. The number of aryl methyl sites for hydroxylation is 1. The minimum atomic E-state index is 0.609. The van der Waals surface area contributed by atoms with Crippen molar-refractivity contribution in [2.75, 3.05) is 17.6 Å². The van der Waals surface area contributed by atoms with Crippen molar-refractivity contribution in [3.63, 3.8) is 0 Å². The van der Waals surface area contributed by atoms with Crippen molar-refractivity contribution in [3.05, 3.63) is 11.4 Å². The van der Waals surface area contributed by atoms with Crippen LogP contribution >= 0.6 is 0 Å². The molecule has 0 unspecified atom stereocenters. The van der Waals surface area contributed by atoms with Gasteiger partial charge in [0.1, 0.15) is 17.5 Å².